The van der Waals surface area contributed by atoms with Crippen LogP contribution in [0.25, 0.3) is 0 Å². The van der Waals surface area contributed by atoms with Crippen molar-refractivity contribution in [3.8, 4) is 11.5 Å². The van der Waals surface area contributed by atoms with Crippen molar-refractivity contribution < 1.29 is 22.7 Å². The number of nitrogens with one attached hydrogen (secondary N) is 1. The molecule has 0 radical (unpaired) electrons. The van der Waals surface area contributed by atoms with Crippen LogP contribution in [0.15, 0.2) is 36.4 Å². The summed E-state index contributed by atoms with van der Waals surface area (Å²) >= 11 is 0. The first-order valence-electron chi connectivity index (χ1n) is 9.38. The molecule has 0 bridgehead atoms. The van der Waals surface area contributed by atoms with Crippen LogP contribution in [-0.4, -0.2) is 39.8 Å². The summed E-state index contributed by atoms with van der Waals surface area (Å²) < 4.78 is 37.4. The lowest BCUT2D eigenvalue weighted by molar-refractivity contribution is -0.116. The van der Waals surface area contributed by atoms with E-state index in [0.717, 1.165) is 11.1 Å². The highest BCUT2D eigenvalue weighted by molar-refractivity contribution is 7.95. The maximum Gasteiger partial charge on any atom is 0.250 e. The number of ether oxygens (including phenoxy) is 2. The number of anilines is 2. The number of para-hydroxylation sites is 1. The number of benzene rings is 2. The van der Waals surface area contributed by atoms with E-state index in [4.69, 9.17) is 9.47 Å². The second-order valence-electron chi connectivity index (χ2n) is 7.59. The van der Waals surface area contributed by atoms with E-state index in [2.05, 4.69) is 5.32 Å². The number of aryl methyl sites for hydroxylation is 2. The quantitative estimate of drug-likeness (QED) is 0.810. The average Bonchev–Trinajstić information content (AvgIpc) is 3.38. The highest BCUT2D eigenvalue weighted by atomic mass is 32.2. The molecule has 1 aliphatic heterocycles. The van der Waals surface area contributed by atoms with Crippen molar-refractivity contribution >= 4 is 27.3 Å². The van der Waals surface area contributed by atoms with Crippen molar-refractivity contribution in [2.45, 2.75) is 25.0 Å². The minimum absolute atomic E-state index is 0.226. The molecule has 1 aliphatic carbocycles. The van der Waals surface area contributed by atoms with Crippen molar-refractivity contribution in [1.82, 2.24) is 0 Å². The predicted molar refractivity (Wildman–Crippen MR) is 111 cm³/mol. The predicted octanol–water partition coefficient (Wildman–Crippen LogP) is 2.87. The second-order valence-corrected chi connectivity index (χ2v) is 9.71. The van der Waals surface area contributed by atoms with Crippen molar-refractivity contribution in [1.29, 1.82) is 0 Å². The number of methoxy groups -OCH3 is 2. The molecule has 1 amide bonds. The van der Waals surface area contributed by atoms with Crippen LogP contribution in [0.3, 0.4) is 0 Å². The number of sulfonamides is 1. The molecule has 2 aromatic carbocycles. The lowest BCUT2D eigenvalue weighted by Crippen LogP contribution is -2.42. The topological polar surface area (TPSA) is 84.9 Å². The van der Waals surface area contributed by atoms with Crippen LogP contribution in [0.4, 0.5) is 11.4 Å². The molecule has 2 aliphatic rings. The molecular weight excluding hydrogens is 392 g/mol. The summed E-state index contributed by atoms with van der Waals surface area (Å²) in [6, 6.07) is 10.6. The van der Waals surface area contributed by atoms with E-state index >= 15 is 0 Å². The number of amides is 1. The van der Waals surface area contributed by atoms with Gasteiger partial charge in [0.1, 0.15) is 11.5 Å². The average molecular weight is 416 g/mol. The van der Waals surface area contributed by atoms with Crippen LogP contribution in [0.2, 0.25) is 0 Å². The Kier molecular flexibility index (Phi) is 4.49. The molecule has 2 fully saturated rings. The zero-order chi connectivity index (χ0) is 21.0. The van der Waals surface area contributed by atoms with Gasteiger partial charge >= 0.3 is 0 Å². The highest BCUT2D eigenvalue weighted by Crippen LogP contribution is 2.59. The van der Waals surface area contributed by atoms with Crippen LogP contribution < -0.4 is 19.1 Å². The van der Waals surface area contributed by atoms with Gasteiger partial charge in [-0.2, -0.15) is 0 Å². The molecule has 1 saturated carbocycles. The first kappa shape index (κ1) is 19.6. The van der Waals surface area contributed by atoms with Gasteiger partial charge < -0.3 is 14.8 Å². The Morgan fingerprint density at radius 2 is 1.83 bits per heavy atom. The third-order valence-electron chi connectivity index (χ3n) is 5.92. The molecule has 29 heavy (non-hydrogen) atoms. The number of fused-ring (bicyclic) bond motifs is 1. The number of rotatable bonds is 5. The number of hydrogen-bond acceptors (Lipinski definition) is 5. The minimum Gasteiger partial charge on any atom is -0.497 e. The number of carbonyl (C=O) groups is 1. The van der Waals surface area contributed by atoms with Gasteiger partial charge in [-0.1, -0.05) is 18.2 Å². The summed E-state index contributed by atoms with van der Waals surface area (Å²) in [7, 11) is -0.828. The Morgan fingerprint density at radius 1 is 1.14 bits per heavy atom. The molecule has 1 heterocycles. The molecule has 1 saturated heterocycles. The van der Waals surface area contributed by atoms with E-state index in [-0.39, 0.29) is 5.92 Å². The summed E-state index contributed by atoms with van der Waals surface area (Å²) in [6.45, 7) is 4.09. The van der Waals surface area contributed by atoms with Gasteiger partial charge in [-0.3, -0.25) is 9.10 Å². The Labute approximate surface area is 170 Å². The van der Waals surface area contributed by atoms with Gasteiger partial charge in [-0.15, -0.1) is 0 Å². The van der Waals surface area contributed by atoms with E-state index in [1.807, 2.05) is 32.0 Å². The molecule has 4 rings (SSSR count). The van der Waals surface area contributed by atoms with Gasteiger partial charge in [0.15, 0.2) is 4.75 Å². The molecule has 154 valence electrons. The fourth-order valence-electron chi connectivity index (χ4n) is 4.27. The molecule has 0 unspecified atom stereocenters. The van der Waals surface area contributed by atoms with Gasteiger partial charge in [-0.05, 0) is 43.5 Å². The standard InChI is InChI=1S/C21H24N2O5S/c1-13-6-5-7-14(2)19(13)23-12-15-11-21(15,29(23,25)26)20(24)22-17-9-8-16(27-3)10-18(17)28-4/h5-10,15H,11-12H2,1-4H3,(H,22,24)/t15-,21+/m1/s1. The maximum atomic E-state index is 13.5. The van der Waals surface area contributed by atoms with E-state index in [1.165, 1.54) is 18.5 Å². The number of carbonyl (C=O) groups excluding carboxylic acids is 1. The van der Waals surface area contributed by atoms with E-state index in [1.54, 1.807) is 18.2 Å². The van der Waals surface area contributed by atoms with Crippen LogP contribution in [0.1, 0.15) is 17.5 Å². The van der Waals surface area contributed by atoms with Gasteiger partial charge in [-0.25, -0.2) is 8.42 Å². The Balaban J connectivity index is 1.66. The van der Waals surface area contributed by atoms with Gasteiger partial charge in [0.25, 0.3) is 0 Å². The Hall–Kier alpha value is -2.74. The van der Waals surface area contributed by atoms with Crippen molar-refractivity contribution in [2.75, 3.05) is 30.4 Å². The lowest BCUT2D eigenvalue weighted by Gasteiger charge is -2.26. The molecule has 0 spiro atoms. The molecular formula is C21H24N2O5S. The molecule has 8 heteroatoms. The fourth-order valence-corrected chi connectivity index (χ4v) is 6.76. The number of nitrogens with zero attached hydrogens (tertiary/aromatic N) is 1. The van der Waals surface area contributed by atoms with Crippen molar-refractivity contribution in [3.63, 3.8) is 0 Å². The third-order valence-corrected chi connectivity index (χ3v) is 8.43. The summed E-state index contributed by atoms with van der Waals surface area (Å²) in [5.74, 6) is 0.251. The molecule has 7 nitrogen and oxygen atoms in total. The van der Waals surface area contributed by atoms with E-state index < -0.39 is 20.7 Å². The zero-order valence-corrected chi connectivity index (χ0v) is 17.7. The fraction of sp³-hybridized carbons (Fsp3) is 0.381. The van der Waals surface area contributed by atoms with Gasteiger partial charge in [0.2, 0.25) is 15.9 Å². The van der Waals surface area contributed by atoms with Crippen LogP contribution in [-0.2, 0) is 14.8 Å². The summed E-state index contributed by atoms with van der Waals surface area (Å²) in [5, 5.41) is 2.77. The maximum absolute atomic E-state index is 13.5. The van der Waals surface area contributed by atoms with Crippen LogP contribution >= 0.6 is 0 Å². The summed E-state index contributed by atoms with van der Waals surface area (Å²) in [4.78, 5) is 13.2. The first-order chi connectivity index (χ1) is 13.8. The Bertz CT molecular complexity index is 1080. The van der Waals surface area contributed by atoms with Crippen molar-refractivity contribution in [2.24, 2.45) is 5.92 Å². The summed E-state index contributed by atoms with van der Waals surface area (Å²) in [5.41, 5.74) is 2.84. The molecule has 1 N–H and O–H groups in total. The zero-order valence-electron chi connectivity index (χ0n) is 16.9. The molecule has 2 aromatic rings. The van der Waals surface area contributed by atoms with Crippen LogP contribution in [0, 0.1) is 19.8 Å². The lowest BCUT2D eigenvalue weighted by atomic mass is 10.1. The largest absolute Gasteiger partial charge is 0.497 e. The first-order valence-corrected chi connectivity index (χ1v) is 10.8. The molecule has 0 aromatic heterocycles. The van der Waals surface area contributed by atoms with Crippen LogP contribution in [0.5, 0.6) is 11.5 Å². The number of hydrogen-bond donors (Lipinski definition) is 1. The van der Waals surface area contributed by atoms with Gasteiger partial charge in [0, 0.05) is 18.5 Å². The molecule has 2 atom stereocenters. The van der Waals surface area contributed by atoms with Gasteiger partial charge in [0.05, 0.1) is 25.6 Å². The monoisotopic (exact) mass is 416 g/mol. The minimum atomic E-state index is -3.85. The SMILES string of the molecule is COc1ccc(NC(=O)[C@]23C[C@@H]2CN(c2c(C)cccc2C)S3(=O)=O)c(OC)c1. The highest BCUT2D eigenvalue weighted by Gasteiger charge is 2.76. The third kappa shape index (κ3) is 2.77. The normalized spacial score (nSPS) is 24.0. The van der Waals surface area contributed by atoms with Crippen molar-refractivity contribution in [3.05, 3.63) is 47.5 Å². The summed E-state index contributed by atoms with van der Waals surface area (Å²) in [6.07, 6.45) is 0.334. The second kappa shape index (κ2) is 6.66. The van der Waals surface area contributed by atoms with E-state index in [0.29, 0.717) is 35.8 Å². The Morgan fingerprint density at radius 3 is 2.45 bits per heavy atom. The smallest absolute Gasteiger partial charge is 0.250 e. The van der Waals surface area contributed by atoms with E-state index in [9.17, 15) is 13.2 Å².